The minimum atomic E-state index is -0.0821. The minimum absolute atomic E-state index is 0.0821. The molecule has 22 heavy (non-hydrogen) atoms. The number of aromatic nitrogens is 1. The number of halogens is 1. The molecule has 4 aliphatic rings. The van der Waals surface area contributed by atoms with Gasteiger partial charge in [0.25, 0.3) is 5.91 Å². The van der Waals surface area contributed by atoms with Gasteiger partial charge >= 0.3 is 0 Å². The molecule has 1 atom stereocenters. The van der Waals surface area contributed by atoms with Crippen molar-refractivity contribution in [1.82, 2.24) is 10.3 Å². The average molecular weight is 319 g/mol. The lowest BCUT2D eigenvalue weighted by molar-refractivity contribution is -0.0688. The monoisotopic (exact) mass is 318 g/mol. The van der Waals surface area contributed by atoms with Gasteiger partial charge in [0.15, 0.2) is 0 Å². The Morgan fingerprint density at radius 2 is 1.86 bits per heavy atom. The standard InChI is InChI=1S/C18H23ClN2O/c1-11(21-17(22)15-3-2-4-20-16(15)19)18-8-12-5-13(9-18)7-14(6-12)10-18/h2-4,11-14H,5-10H2,1H3,(H,21,22)/t11-,12?,13?,14?,18?/m1/s1. The number of amides is 1. The molecule has 0 unspecified atom stereocenters. The van der Waals surface area contributed by atoms with Crippen molar-refractivity contribution in [2.24, 2.45) is 23.2 Å². The third-order valence-electron chi connectivity index (χ3n) is 6.36. The third kappa shape index (κ3) is 2.34. The highest BCUT2D eigenvalue weighted by Gasteiger charge is 2.53. The van der Waals surface area contributed by atoms with Crippen LogP contribution in [0.2, 0.25) is 5.15 Å². The first kappa shape index (κ1) is 14.5. The number of nitrogens with zero attached hydrogens (tertiary/aromatic N) is 1. The van der Waals surface area contributed by atoms with E-state index in [0.29, 0.717) is 11.0 Å². The fourth-order valence-electron chi connectivity index (χ4n) is 5.69. The summed E-state index contributed by atoms with van der Waals surface area (Å²) in [4.78, 5) is 16.5. The molecule has 0 radical (unpaired) electrons. The van der Waals surface area contributed by atoms with Crippen molar-refractivity contribution in [3.05, 3.63) is 29.0 Å². The molecule has 118 valence electrons. The van der Waals surface area contributed by atoms with Crippen LogP contribution in [-0.2, 0) is 0 Å². The molecule has 0 saturated heterocycles. The van der Waals surface area contributed by atoms with Gasteiger partial charge in [0.1, 0.15) is 5.15 Å². The fourth-order valence-corrected chi connectivity index (χ4v) is 5.90. The number of nitrogens with one attached hydrogen (secondary N) is 1. The second kappa shape index (κ2) is 5.23. The number of rotatable bonds is 3. The van der Waals surface area contributed by atoms with Crippen LogP contribution in [0.5, 0.6) is 0 Å². The normalized spacial score (nSPS) is 37.1. The molecule has 1 amide bonds. The topological polar surface area (TPSA) is 42.0 Å². The van der Waals surface area contributed by atoms with Gasteiger partial charge in [-0.2, -0.15) is 0 Å². The van der Waals surface area contributed by atoms with Crippen LogP contribution in [0, 0.1) is 23.2 Å². The molecule has 4 heteroatoms. The van der Waals surface area contributed by atoms with E-state index in [1.807, 2.05) is 0 Å². The Morgan fingerprint density at radius 1 is 1.27 bits per heavy atom. The SMILES string of the molecule is C[C@@H](NC(=O)c1cccnc1Cl)C12CC3CC(CC(C3)C1)C2. The van der Waals surface area contributed by atoms with E-state index in [9.17, 15) is 4.79 Å². The van der Waals surface area contributed by atoms with E-state index in [1.54, 1.807) is 18.3 Å². The molecule has 3 nitrogen and oxygen atoms in total. The van der Waals surface area contributed by atoms with Gasteiger partial charge in [0.05, 0.1) is 5.56 Å². The zero-order valence-electron chi connectivity index (χ0n) is 13.0. The molecule has 0 aliphatic heterocycles. The van der Waals surface area contributed by atoms with Gasteiger partial charge in [0.2, 0.25) is 0 Å². The Hall–Kier alpha value is -1.09. The molecule has 4 bridgehead atoms. The number of hydrogen-bond donors (Lipinski definition) is 1. The molecule has 1 heterocycles. The van der Waals surface area contributed by atoms with Gasteiger partial charge in [0, 0.05) is 12.2 Å². The van der Waals surface area contributed by atoms with E-state index in [2.05, 4.69) is 17.2 Å². The van der Waals surface area contributed by atoms with Crippen molar-refractivity contribution in [1.29, 1.82) is 0 Å². The average Bonchev–Trinajstić information content (AvgIpc) is 2.46. The van der Waals surface area contributed by atoms with Gasteiger partial charge in [-0.3, -0.25) is 4.79 Å². The van der Waals surface area contributed by atoms with E-state index < -0.39 is 0 Å². The van der Waals surface area contributed by atoms with Crippen molar-refractivity contribution < 1.29 is 4.79 Å². The zero-order valence-corrected chi connectivity index (χ0v) is 13.8. The van der Waals surface area contributed by atoms with Crippen molar-refractivity contribution in [2.45, 2.75) is 51.5 Å². The van der Waals surface area contributed by atoms with Crippen LogP contribution in [0.4, 0.5) is 0 Å². The molecule has 1 N–H and O–H groups in total. The first-order chi connectivity index (χ1) is 10.6. The molecule has 4 aliphatic carbocycles. The lowest BCUT2D eigenvalue weighted by atomic mass is 9.48. The van der Waals surface area contributed by atoms with Gasteiger partial charge < -0.3 is 5.32 Å². The first-order valence-electron chi connectivity index (χ1n) is 8.47. The highest BCUT2D eigenvalue weighted by molar-refractivity contribution is 6.32. The molecule has 1 aromatic heterocycles. The highest BCUT2D eigenvalue weighted by atomic mass is 35.5. The number of hydrogen-bond acceptors (Lipinski definition) is 2. The maximum Gasteiger partial charge on any atom is 0.254 e. The van der Waals surface area contributed by atoms with Crippen LogP contribution in [0.25, 0.3) is 0 Å². The summed E-state index contributed by atoms with van der Waals surface area (Å²) < 4.78 is 0. The van der Waals surface area contributed by atoms with E-state index in [0.717, 1.165) is 17.8 Å². The summed E-state index contributed by atoms with van der Waals surface area (Å²) in [5.41, 5.74) is 0.805. The van der Waals surface area contributed by atoms with Crippen LogP contribution in [-0.4, -0.2) is 16.9 Å². The van der Waals surface area contributed by atoms with E-state index in [-0.39, 0.29) is 17.1 Å². The van der Waals surface area contributed by atoms with Crippen LogP contribution in [0.15, 0.2) is 18.3 Å². The van der Waals surface area contributed by atoms with E-state index in [4.69, 9.17) is 11.6 Å². The summed E-state index contributed by atoms with van der Waals surface area (Å²) in [6.45, 7) is 2.19. The summed E-state index contributed by atoms with van der Waals surface area (Å²) >= 11 is 6.05. The third-order valence-corrected chi connectivity index (χ3v) is 6.66. The van der Waals surface area contributed by atoms with Gasteiger partial charge in [-0.05, 0) is 80.8 Å². The Morgan fingerprint density at radius 3 is 2.41 bits per heavy atom. The molecule has 5 rings (SSSR count). The highest BCUT2D eigenvalue weighted by Crippen LogP contribution is 2.61. The van der Waals surface area contributed by atoms with Gasteiger partial charge in [-0.25, -0.2) is 4.98 Å². The predicted molar refractivity (Wildman–Crippen MR) is 86.8 cm³/mol. The largest absolute Gasteiger partial charge is 0.349 e. The maximum absolute atomic E-state index is 12.5. The molecule has 4 saturated carbocycles. The maximum atomic E-state index is 12.5. The lowest BCUT2D eigenvalue weighted by Gasteiger charge is -2.59. The van der Waals surface area contributed by atoms with Gasteiger partial charge in [-0.15, -0.1) is 0 Å². The zero-order chi connectivity index (χ0) is 15.3. The molecule has 1 aromatic rings. The summed E-state index contributed by atoms with van der Waals surface area (Å²) in [5, 5.41) is 3.52. The summed E-state index contributed by atoms with van der Waals surface area (Å²) in [5.74, 6) is 2.61. The molecule has 0 spiro atoms. The first-order valence-corrected chi connectivity index (χ1v) is 8.85. The summed E-state index contributed by atoms with van der Waals surface area (Å²) in [6.07, 6.45) is 9.77. The Bertz CT molecular complexity index is 565. The van der Waals surface area contributed by atoms with Crippen LogP contribution < -0.4 is 5.32 Å². The van der Waals surface area contributed by atoms with Crippen molar-refractivity contribution >= 4 is 17.5 Å². The second-order valence-electron chi connectivity index (χ2n) is 7.82. The minimum Gasteiger partial charge on any atom is -0.349 e. The fraction of sp³-hybridized carbons (Fsp3) is 0.667. The van der Waals surface area contributed by atoms with Gasteiger partial charge in [-0.1, -0.05) is 11.6 Å². The Labute approximate surface area is 136 Å². The van der Waals surface area contributed by atoms with E-state index in [1.165, 1.54) is 38.5 Å². The van der Waals surface area contributed by atoms with Crippen LogP contribution in [0.3, 0.4) is 0 Å². The van der Waals surface area contributed by atoms with Crippen molar-refractivity contribution in [3.8, 4) is 0 Å². The smallest absolute Gasteiger partial charge is 0.254 e. The lowest BCUT2D eigenvalue weighted by Crippen LogP contribution is -2.55. The summed E-state index contributed by atoms with van der Waals surface area (Å²) in [7, 11) is 0. The number of carbonyl (C=O) groups is 1. The number of pyridine rings is 1. The quantitative estimate of drug-likeness (QED) is 0.854. The van der Waals surface area contributed by atoms with Crippen molar-refractivity contribution in [2.75, 3.05) is 0 Å². The van der Waals surface area contributed by atoms with E-state index >= 15 is 0 Å². The van der Waals surface area contributed by atoms with Crippen LogP contribution in [0.1, 0.15) is 55.8 Å². The summed E-state index contributed by atoms with van der Waals surface area (Å²) in [6, 6.07) is 3.72. The van der Waals surface area contributed by atoms with Crippen molar-refractivity contribution in [3.63, 3.8) is 0 Å². The van der Waals surface area contributed by atoms with Crippen LogP contribution >= 0.6 is 11.6 Å². The molecular formula is C18H23ClN2O. The second-order valence-corrected chi connectivity index (χ2v) is 8.17. The number of carbonyl (C=O) groups excluding carboxylic acids is 1. The Balaban J connectivity index is 1.52. The Kier molecular flexibility index (Phi) is 3.44. The molecule has 4 fully saturated rings. The predicted octanol–water partition coefficient (Wildman–Crippen LogP) is 4.07. The molecule has 0 aromatic carbocycles. The molecular weight excluding hydrogens is 296 g/mol.